The van der Waals surface area contributed by atoms with Crippen molar-refractivity contribution in [2.45, 2.75) is 160 Å². The summed E-state index contributed by atoms with van der Waals surface area (Å²) in [4.78, 5) is 27.7. The Hall–Kier alpha value is -1.92. The van der Waals surface area contributed by atoms with Crippen LogP contribution in [0.15, 0.2) is 36.0 Å². The Bertz CT molecular complexity index is 951. The van der Waals surface area contributed by atoms with Crippen molar-refractivity contribution < 1.29 is 23.8 Å². The van der Waals surface area contributed by atoms with E-state index in [1.807, 2.05) is 4.90 Å². The minimum atomic E-state index is -0.301. The van der Waals surface area contributed by atoms with Gasteiger partial charge in [-0.25, -0.2) is 0 Å². The number of piperidine rings is 1. The fourth-order valence-corrected chi connectivity index (χ4v) is 7.29. The van der Waals surface area contributed by atoms with Gasteiger partial charge in [0.25, 0.3) is 0 Å². The van der Waals surface area contributed by atoms with Crippen molar-refractivity contribution in [1.82, 2.24) is 4.90 Å². The van der Waals surface area contributed by atoms with Gasteiger partial charge in [-0.1, -0.05) is 57.1 Å². The number of hydrogen-bond donors (Lipinski definition) is 0. The number of rotatable bonds is 8. The summed E-state index contributed by atoms with van der Waals surface area (Å²) in [5, 5.41) is 0. The Morgan fingerprint density at radius 1 is 0.884 bits per heavy atom. The maximum absolute atomic E-state index is 13.3. The monoisotopic (exact) mass is 597 g/mol. The molecule has 3 fully saturated rings. The third-order valence-electron chi connectivity index (χ3n) is 9.67. The normalized spacial score (nSPS) is 34.7. The van der Waals surface area contributed by atoms with Crippen molar-refractivity contribution in [3.05, 3.63) is 36.0 Å². The van der Waals surface area contributed by atoms with Gasteiger partial charge in [-0.2, -0.15) is 0 Å². The molecule has 7 unspecified atom stereocenters. The van der Waals surface area contributed by atoms with E-state index in [1.165, 1.54) is 18.4 Å². The molecule has 43 heavy (non-hydrogen) atoms. The smallest absolute Gasteiger partial charge is 0.309 e. The van der Waals surface area contributed by atoms with Crippen molar-refractivity contribution in [1.29, 1.82) is 0 Å². The SMILES string of the molecule is CC/C=C1\CC2CC(=O)OC(/C=C/CCCCCC(=O)N3CCCCC3)C(C)/C=C/C(C)CC3CCCC(CC(C1)O2)O3. The van der Waals surface area contributed by atoms with Crippen LogP contribution in [0.3, 0.4) is 0 Å². The molecule has 7 atom stereocenters. The molecular formula is C37H59NO5. The number of cyclic esters (lactones) is 1. The summed E-state index contributed by atoms with van der Waals surface area (Å²) < 4.78 is 19.2. The average molecular weight is 598 g/mol. The molecular weight excluding hydrogens is 538 g/mol. The zero-order valence-corrected chi connectivity index (χ0v) is 27.4. The molecule has 0 aliphatic carbocycles. The molecule has 4 heterocycles. The molecule has 6 nitrogen and oxygen atoms in total. The van der Waals surface area contributed by atoms with Crippen molar-refractivity contribution in [3.63, 3.8) is 0 Å². The number of hydrogen-bond acceptors (Lipinski definition) is 5. The Morgan fingerprint density at radius 2 is 1.63 bits per heavy atom. The van der Waals surface area contributed by atoms with Crippen LogP contribution in [0.25, 0.3) is 0 Å². The Labute approximate surface area is 261 Å². The lowest BCUT2D eigenvalue weighted by molar-refractivity contribution is -0.154. The first-order valence-corrected chi connectivity index (χ1v) is 17.7. The topological polar surface area (TPSA) is 65.1 Å². The number of carbonyl (C=O) groups is 2. The molecule has 0 spiro atoms. The number of unbranched alkanes of at least 4 members (excludes halogenated alkanes) is 3. The van der Waals surface area contributed by atoms with Crippen LogP contribution in [0.2, 0.25) is 0 Å². The summed E-state index contributed by atoms with van der Waals surface area (Å²) in [5.41, 5.74) is 1.41. The highest BCUT2D eigenvalue weighted by Crippen LogP contribution is 2.33. The van der Waals surface area contributed by atoms with Gasteiger partial charge in [0.05, 0.1) is 30.8 Å². The van der Waals surface area contributed by atoms with E-state index in [0.717, 1.165) is 96.6 Å². The van der Waals surface area contributed by atoms with E-state index in [1.54, 1.807) is 0 Å². The number of esters is 1. The summed E-state index contributed by atoms with van der Waals surface area (Å²) >= 11 is 0. The zero-order chi connectivity index (χ0) is 30.4. The van der Waals surface area contributed by atoms with Crippen LogP contribution in [0.1, 0.15) is 130 Å². The van der Waals surface area contributed by atoms with Gasteiger partial charge >= 0.3 is 5.97 Å². The Morgan fingerprint density at radius 3 is 2.42 bits per heavy atom. The second-order valence-corrected chi connectivity index (χ2v) is 13.7. The molecule has 0 aromatic heterocycles. The van der Waals surface area contributed by atoms with Crippen molar-refractivity contribution in [2.24, 2.45) is 11.8 Å². The first-order chi connectivity index (χ1) is 20.9. The number of fused-ring (bicyclic) bond motifs is 4. The molecule has 0 aromatic carbocycles. The molecule has 0 radical (unpaired) electrons. The lowest BCUT2D eigenvalue weighted by Crippen LogP contribution is -2.37. The Kier molecular flexibility index (Phi) is 14.3. The number of amides is 1. The molecule has 4 bridgehead atoms. The van der Waals surface area contributed by atoms with Gasteiger partial charge < -0.3 is 19.1 Å². The molecule has 3 saturated heterocycles. The van der Waals surface area contributed by atoms with Gasteiger partial charge in [-0.3, -0.25) is 9.59 Å². The van der Waals surface area contributed by atoms with Crippen LogP contribution in [-0.2, 0) is 23.8 Å². The zero-order valence-electron chi connectivity index (χ0n) is 27.4. The van der Waals surface area contributed by atoms with E-state index in [-0.39, 0.29) is 42.7 Å². The Balaban J connectivity index is 1.34. The maximum Gasteiger partial charge on any atom is 0.309 e. The van der Waals surface area contributed by atoms with E-state index in [4.69, 9.17) is 14.2 Å². The van der Waals surface area contributed by atoms with Gasteiger partial charge in [0, 0.05) is 31.8 Å². The second-order valence-electron chi connectivity index (χ2n) is 13.7. The summed E-state index contributed by atoms with van der Waals surface area (Å²) in [7, 11) is 0. The van der Waals surface area contributed by atoms with Crippen LogP contribution in [-0.4, -0.2) is 60.4 Å². The predicted molar refractivity (Wildman–Crippen MR) is 173 cm³/mol. The number of allylic oxidation sites excluding steroid dienone is 3. The molecule has 0 N–H and O–H groups in total. The quantitative estimate of drug-likeness (QED) is 0.160. The molecule has 6 heteroatoms. The van der Waals surface area contributed by atoms with E-state index in [9.17, 15) is 9.59 Å². The van der Waals surface area contributed by atoms with Gasteiger partial charge in [0.2, 0.25) is 5.91 Å². The molecule has 4 aliphatic rings. The summed E-state index contributed by atoms with van der Waals surface area (Å²) in [6.45, 7) is 8.46. The van der Waals surface area contributed by atoms with Gasteiger partial charge in [-0.05, 0) is 95.5 Å². The van der Waals surface area contributed by atoms with Crippen LogP contribution < -0.4 is 0 Å². The van der Waals surface area contributed by atoms with Crippen molar-refractivity contribution >= 4 is 11.9 Å². The number of ether oxygens (including phenoxy) is 3. The van der Waals surface area contributed by atoms with E-state index in [2.05, 4.69) is 51.2 Å². The van der Waals surface area contributed by atoms with E-state index < -0.39 is 0 Å². The molecule has 4 rings (SSSR count). The summed E-state index contributed by atoms with van der Waals surface area (Å²) in [6, 6.07) is 0. The van der Waals surface area contributed by atoms with Crippen molar-refractivity contribution in [2.75, 3.05) is 13.1 Å². The highest BCUT2D eigenvalue weighted by atomic mass is 16.5. The van der Waals surface area contributed by atoms with E-state index in [0.29, 0.717) is 24.3 Å². The minimum Gasteiger partial charge on any atom is -0.457 e. The highest BCUT2D eigenvalue weighted by molar-refractivity contribution is 5.76. The van der Waals surface area contributed by atoms with Crippen LogP contribution in [0.5, 0.6) is 0 Å². The minimum absolute atomic E-state index is 0.0771. The second kappa shape index (κ2) is 18.1. The highest BCUT2D eigenvalue weighted by Gasteiger charge is 2.33. The predicted octanol–water partition coefficient (Wildman–Crippen LogP) is 8.25. The number of carbonyl (C=O) groups excluding carboxylic acids is 2. The number of likely N-dealkylation sites (tertiary alicyclic amines) is 1. The summed E-state index contributed by atoms with van der Waals surface area (Å²) in [5.74, 6) is 0.625. The molecule has 242 valence electrons. The van der Waals surface area contributed by atoms with Gasteiger partial charge in [-0.15, -0.1) is 0 Å². The van der Waals surface area contributed by atoms with Gasteiger partial charge in [0.1, 0.15) is 6.10 Å². The summed E-state index contributed by atoms with van der Waals surface area (Å²) in [6.07, 6.45) is 27.9. The fourth-order valence-electron chi connectivity index (χ4n) is 7.29. The van der Waals surface area contributed by atoms with Gasteiger partial charge in [0.15, 0.2) is 0 Å². The number of nitrogens with zero attached hydrogens (tertiary/aromatic N) is 1. The first-order valence-electron chi connectivity index (χ1n) is 17.7. The third kappa shape index (κ3) is 11.8. The van der Waals surface area contributed by atoms with Crippen LogP contribution in [0.4, 0.5) is 0 Å². The largest absolute Gasteiger partial charge is 0.457 e. The molecule has 4 aliphatic heterocycles. The fraction of sp³-hybridized carbons (Fsp3) is 0.784. The molecule has 1 amide bonds. The molecule has 0 aromatic rings. The van der Waals surface area contributed by atoms with Crippen LogP contribution >= 0.6 is 0 Å². The maximum atomic E-state index is 13.3. The third-order valence-corrected chi connectivity index (χ3v) is 9.67. The molecule has 0 saturated carbocycles. The average Bonchev–Trinajstić information content (AvgIpc) is 2.99. The standard InChI is InChI=1S/C37H59NO5/c1-4-14-30-24-33-26-32-16-13-15-31(41-32)23-28(2)19-20-29(3)35(43-37(40)27-34(25-30)42-33)17-9-6-5-7-10-18-36(39)38-21-11-8-12-22-38/h9,14,17,19-20,28-29,31-35H,4-8,10-13,15-16,18,21-27H2,1-3H3/b17-9+,20-19+,30-14-. The van der Waals surface area contributed by atoms with Crippen LogP contribution in [0, 0.1) is 11.8 Å². The van der Waals surface area contributed by atoms with Crippen molar-refractivity contribution in [3.8, 4) is 0 Å². The first kappa shape index (κ1) is 34.0. The lowest BCUT2D eigenvalue weighted by atomic mass is 9.89. The van der Waals surface area contributed by atoms with E-state index >= 15 is 0 Å². The lowest BCUT2D eigenvalue weighted by Gasteiger charge is -2.37.